The summed E-state index contributed by atoms with van der Waals surface area (Å²) in [6.07, 6.45) is 0.782. The number of aliphatic hydroxyl groups is 1. The van der Waals surface area contributed by atoms with Crippen LogP contribution in [0.1, 0.15) is 31.4 Å². The van der Waals surface area contributed by atoms with E-state index in [-0.39, 0.29) is 12.1 Å². The Hall–Kier alpha value is -1.06. The standard InChI is InChI=1S/C15H25NO2/c1-5-16-15(4,11-17)6-7-18-14-9-12(2)8-13(3)10-14/h8-10,16-17H,5-7,11H2,1-4H3. The zero-order chi connectivity index (χ0) is 13.6. The van der Waals surface area contributed by atoms with Crippen LogP contribution in [0.15, 0.2) is 18.2 Å². The fourth-order valence-corrected chi connectivity index (χ4v) is 2.06. The number of aryl methyl sites for hydroxylation is 2. The van der Waals surface area contributed by atoms with E-state index in [9.17, 15) is 5.11 Å². The molecular formula is C15H25NO2. The van der Waals surface area contributed by atoms with Gasteiger partial charge in [-0.3, -0.25) is 0 Å². The summed E-state index contributed by atoms with van der Waals surface area (Å²) < 4.78 is 5.76. The molecule has 0 heterocycles. The van der Waals surface area contributed by atoms with Crippen molar-refractivity contribution in [1.29, 1.82) is 0 Å². The van der Waals surface area contributed by atoms with E-state index in [0.29, 0.717) is 6.61 Å². The molecular weight excluding hydrogens is 226 g/mol. The summed E-state index contributed by atoms with van der Waals surface area (Å²) >= 11 is 0. The zero-order valence-corrected chi connectivity index (χ0v) is 11.9. The lowest BCUT2D eigenvalue weighted by molar-refractivity contribution is 0.146. The second kappa shape index (κ2) is 6.76. The average molecular weight is 251 g/mol. The van der Waals surface area contributed by atoms with Gasteiger partial charge in [-0.2, -0.15) is 0 Å². The van der Waals surface area contributed by atoms with Gasteiger partial charge in [0.05, 0.1) is 13.2 Å². The lowest BCUT2D eigenvalue weighted by Crippen LogP contribution is -2.46. The lowest BCUT2D eigenvalue weighted by Gasteiger charge is -2.28. The number of likely N-dealkylation sites (N-methyl/N-ethyl adjacent to an activating group) is 1. The molecule has 0 amide bonds. The molecule has 1 unspecified atom stereocenters. The van der Waals surface area contributed by atoms with Gasteiger partial charge in [0, 0.05) is 12.0 Å². The van der Waals surface area contributed by atoms with Crippen LogP contribution in [0.25, 0.3) is 0 Å². The summed E-state index contributed by atoms with van der Waals surface area (Å²) in [5.74, 6) is 0.907. The molecule has 0 radical (unpaired) electrons. The topological polar surface area (TPSA) is 41.5 Å². The molecule has 1 aromatic carbocycles. The van der Waals surface area contributed by atoms with E-state index < -0.39 is 0 Å². The summed E-state index contributed by atoms with van der Waals surface area (Å²) in [7, 11) is 0. The van der Waals surface area contributed by atoms with Crippen LogP contribution in [0, 0.1) is 13.8 Å². The number of aliphatic hydroxyl groups excluding tert-OH is 1. The van der Waals surface area contributed by atoms with Crippen LogP contribution in [-0.2, 0) is 0 Å². The highest BCUT2D eigenvalue weighted by atomic mass is 16.5. The van der Waals surface area contributed by atoms with Crippen molar-refractivity contribution < 1.29 is 9.84 Å². The summed E-state index contributed by atoms with van der Waals surface area (Å²) in [4.78, 5) is 0. The number of nitrogens with one attached hydrogen (secondary N) is 1. The first-order valence-electron chi connectivity index (χ1n) is 6.56. The Bertz CT molecular complexity index is 359. The van der Waals surface area contributed by atoms with E-state index in [4.69, 9.17) is 4.74 Å². The molecule has 1 rings (SSSR count). The van der Waals surface area contributed by atoms with Crippen LogP contribution in [0.5, 0.6) is 5.75 Å². The first kappa shape index (κ1) is 15.0. The third kappa shape index (κ3) is 4.67. The van der Waals surface area contributed by atoms with Crippen LogP contribution in [0.2, 0.25) is 0 Å². The predicted molar refractivity (Wildman–Crippen MR) is 75.2 cm³/mol. The van der Waals surface area contributed by atoms with E-state index in [0.717, 1.165) is 18.7 Å². The third-order valence-corrected chi connectivity index (χ3v) is 3.07. The minimum Gasteiger partial charge on any atom is -0.494 e. The molecule has 0 aliphatic carbocycles. The summed E-state index contributed by atoms with van der Waals surface area (Å²) in [6, 6.07) is 6.20. The first-order chi connectivity index (χ1) is 8.49. The van der Waals surface area contributed by atoms with Crippen molar-refractivity contribution in [3.05, 3.63) is 29.3 Å². The van der Waals surface area contributed by atoms with Crippen LogP contribution < -0.4 is 10.1 Å². The van der Waals surface area contributed by atoms with Gasteiger partial charge in [-0.15, -0.1) is 0 Å². The van der Waals surface area contributed by atoms with Gasteiger partial charge >= 0.3 is 0 Å². The fraction of sp³-hybridized carbons (Fsp3) is 0.600. The molecule has 102 valence electrons. The molecule has 0 aliphatic rings. The Labute approximate surface area is 110 Å². The Kier molecular flexibility index (Phi) is 5.63. The first-order valence-corrected chi connectivity index (χ1v) is 6.56. The van der Waals surface area contributed by atoms with Crippen LogP contribution >= 0.6 is 0 Å². The molecule has 0 saturated heterocycles. The van der Waals surface area contributed by atoms with Gasteiger partial charge in [0.1, 0.15) is 5.75 Å². The molecule has 2 N–H and O–H groups in total. The van der Waals surface area contributed by atoms with Crippen molar-refractivity contribution in [3.8, 4) is 5.75 Å². The SMILES string of the molecule is CCNC(C)(CO)CCOc1cc(C)cc(C)c1. The fourth-order valence-electron chi connectivity index (χ4n) is 2.06. The highest BCUT2D eigenvalue weighted by Crippen LogP contribution is 2.17. The highest BCUT2D eigenvalue weighted by Gasteiger charge is 2.21. The smallest absolute Gasteiger partial charge is 0.119 e. The van der Waals surface area contributed by atoms with Crippen LogP contribution in [0.3, 0.4) is 0 Å². The molecule has 0 saturated carbocycles. The maximum absolute atomic E-state index is 9.38. The molecule has 0 aliphatic heterocycles. The third-order valence-electron chi connectivity index (χ3n) is 3.07. The van der Waals surface area contributed by atoms with Gasteiger partial charge in [-0.05, 0) is 50.6 Å². The van der Waals surface area contributed by atoms with E-state index in [1.54, 1.807) is 0 Å². The van der Waals surface area contributed by atoms with Crippen molar-refractivity contribution in [1.82, 2.24) is 5.32 Å². The molecule has 0 spiro atoms. The zero-order valence-electron chi connectivity index (χ0n) is 11.9. The van der Waals surface area contributed by atoms with Gasteiger partial charge in [0.2, 0.25) is 0 Å². The number of rotatable bonds is 7. The Balaban J connectivity index is 2.50. The molecule has 3 nitrogen and oxygen atoms in total. The molecule has 1 atom stereocenters. The number of hydrogen-bond donors (Lipinski definition) is 2. The largest absolute Gasteiger partial charge is 0.494 e. The molecule has 0 fully saturated rings. The normalized spacial score (nSPS) is 14.3. The van der Waals surface area contributed by atoms with Crippen molar-refractivity contribution in [2.24, 2.45) is 0 Å². The van der Waals surface area contributed by atoms with Gasteiger partial charge in [0.25, 0.3) is 0 Å². The predicted octanol–water partition coefficient (Wildman–Crippen LogP) is 2.43. The van der Waals surface area contributed by atoms with Crippen molar-refractivity contribution in [2.75, 3.05) is 19.8 Å². The summed E-state index contributed by atoms with van der Waals surface area (Å²) in [5, 5.41) is 12.7. The van der Waals surface area contributed by atoms with Crippen molar-refractivity contribution in [3.63, 3.8) is 0 Å². The van der Waals surface area contributed by atoms with E-state index in [2.05, 4.69) is 25.2 Å². The minimum atomic E-state index is -0.256. The van der Waals surface area contributed by atoms with Crippen molar-refractivity contribution in [2.45, 2.75) is 39.7 Å². The van der Waals surface area contributed by atoms with Crippen LogP contribution in [-0.4, -0.2) is 30.4 Å². The average Bonchev–Trinajstić information content (AvgIpc) is 2.28. The molecule has 18 heavy (non-hydrogen) atoms. The lowest BCUT2D eigenvalue weighted by atomic mass is 10.00. The number of hydrogen-bond acceptors (Lipinski definition) is 3. The maximum Gasteiger partial charge on any atom is 0.119 e. The molecule has 0 bridgehead atoms. The quantitative estimate of drug-likeness (QED) is 0.782. The summed E-state index contributed by atoms with van der Waals surface area (Å²) in [6.45, 7) is 9.76. The second-order valence-electron chi connectivity index (χ2n) is 5.17. The second-order valence-corrected chi connectivity index (χ2v) is 5.17. The number of ether oxygens (including phenoxy) is 1. The van der Waals surface area contributed by atoms with Gasteiger partial charge in [-0.1, -0.05) is 13.0 Å². The highest BCUT2D eigenvalue weighted by molar-refractivity contribution is 5.32. The Morgan fingerprint density at radius 3 is 2.33 bits per heavy atom. The Morgan fingerprint density at radius 1 is 1.22 bits per heavy atom. The van der Waals surface area contributed by atoms with Gasteiger partial charge in [-0.25, -0.2) is 0 Å². The van der Waals surface area contributed by atoms with Gasteiger partial charge < -0.3 is 15.2 Å². The van der Waals surface area contributed by atoms with E-state index in [1.165, 1.54) is 11.1 Å². The van der Waals surface area contributed by atoms with Crippen LogP contribution in [0.4, 0.5) is 0 Å². The maximum atomic E-state index is 9.38. The molecule has 3 heteroatoms. The monoisotopic (exact) mass is 251 g/mol. The molecule has 0 aromatic heterocycles. The van der Waals surface area contributed by atoms with E-state index >= 15 is 0 Å². The Morgan fingerprint density at radius 2 is 1.83 bits per heavy atom. The van der Waals surface area contributed by atoms with Gasteiger partial charge in [0.15, 0.2) is 0 Å². The number of benzene rings is 1. The summed E-state index contributed by atoms with van der Waals surface area (Å²) in [5.41, 5.74) is 2.16. The molecule has 1 aromatic rings. The van der Waals surface area contributed by atoms with E-state index in [1.807, 2.05) is 26.0 Å². The minimum absolute atomic E-state index is 0.122. The van der Waals surface area contributed by atoms with Crippen molar-refractivity contribution >= 4 is 0 Å².